The molecule has 2 aromatic carbocycles. The van der Waals surface area contributed by atoms with Gasteiger partial charge in [0.05, 0.1) is 6.04 Å². The first-order valence-corrected chi connectivity index (χ1v) is 8.41. The summed E-state index contributed by atoms with van der Waals surface area (Å²) >= 11 is 3.40. The Morgan fingerprint density at radius 1 is 1.13 bits per heavy atom. The van der Waals surface area contributed by atoms with Gasteiger partial charge in [-0.1, -0.05) is 40.2 Å². The highest BCUT2D eigenvalue weighted by molar-refractivity contribution is 9.10. The van der Waals surface area contributed by atoms with Crippen LogP contribution in [0.15, 0.2) is 53.0 Å². The molecule has 23 heavy (non-hydrogen) atoms. The highest BCUT2D eigenvalue weighted by Crippen LogP contribution is 2.16. The van der Waals surface area contributed by atoms with Crippen molar-refractivity contribution in [2.75, 3.05) is 6.54 Å². The lowest BCUT2D eigenvalue weighted by Gasteiger charge is -2.15. The molecule has 2 rings (SSSR count). The number of urea groups is 1. The maximum atomic E-state index is 11.9. The molecular formula is C18H21BrN2O2. The fourth-order valence-electron chi connectivity index (χ4n) is 2.24. The largest absolute Gasteiger partial charge is 0.508 e. The van der Waals surface area contributed by atoms with Gasteiger partial charge in [-0.15, -0.1) is 0 Å². The SMILES string of the molecule is CC(NC(=O)NCCCc1ccc(O)cc1)c1ccc(Br)cc1. The van der Waals surface area contributed by atoms with Gasteiger partial charge in [0, 0.05) is 11.0 Å². The Balaban J connectivity index is 1.68. The van der Waals surface area contributed by atoms with Crippen LogP contribution in [-0.2, 0) is 6.42 Å². The number of benzene rings is 2. The van der Waals surface area contributed by atoms with E-state index < -0.39 is 0 Å². The molecule has 0 radical (unpaired) electrons. The fraction of sp³-hybridized carbons (Fsp3) is 0.278. The van der Waals surface area contributed by atoms with Gasteiger partial charge >= 0.3 is 6.03 Å². The van der Waals surface area contributed by atoms with Crippen LogP contribution in [0.25, 0.3) is 0 Å². The van der Waals surface area contributed by atoms with Crippen LogP contribution >= 0.6 is 15.9 Å². The number of carbonyl (C=O) groups is 1. The zero-order valence-corrected chi connectivity index (χ0v) is 14.6. The molecule has 2 aromatic rings. The Kier molecular flexibility index (Phi) is 6.47. The third kappa shape index (κ3) is 5.94. The molecule has 0 aliphatic carbocycles. The van der Waals surface area contributed by atoms with Crippen LogP contribution in [0.3, 0.4) is 0 Å². The van der Waals surface area contributed by atoms with E-state index >= 15 is 0 Å². The van der Waals surface area contributed by atoms with Crippen LogP contribution in [0.5, 0.6) is 5.75 Å². The van der Waals surface area contributed by atoms with Gasteiger partial charge in [0.1, 0.15) is 5.75 Å². The number of aryl methyl sites for hydroxylation is 1. The first-order valence-electron chi connectivity index (χ1n) is 7.62. The van der Waals surface area contributed by atoms with Crippen molar-refractivity contribution < 1.29 is 9.90 Å². The molecule has 5 heteroatoms. The number of carbonyl (C=O) groups excluding carboxylic acids is 1. The minimum absolute atomic E-state index is 0.0415. The van der Waals surface area contributed by atoms with E-state index in [9.17, 15) is 9.90 Å². The van der Waals surface area contributed by atoms with Gasteiger partial charge in [-0.25, -0.2) is 4.79 Å². The van der Waals surface area contributed by atoms with Gasteiger partial charge in [0.2, 0.25) is 0 Å². The van der Waals surface area contributed by atoms with Crippen molar-refractivity contribution in [3.8, 4) is 5.75 Å². The molecule has 0 bridgehead atoms. The third-order valence-electron chi connectivity index (χ3n) is 3.58. The van der Waals surface area contributed by atoms with Crippen molar-refractivity contribution in [2.24, 2.45) is 0 Å². The van der Waals surface area contributed by atoms with E-state index in [1.54, 1.807) is 12.1 Å². The van der Waals surface area contributed by atoms with E-state index in [1.807, 2.05) is 43.3 Å². The van der Waals surface area contributed by atoms with Gasteiger partial charge < -0.3 is 15.7 Å². The van der Waals surface area contributed by atoms with Crippen LogP contribution in [0.4, 0.5) is 4.79 Å². The van der Waals surface area contributed by atoms with Gasteiger partial charge in [-0.2, -0.15) is 0 Å². The molecular weight excluding hydrogens is 356 g/mol. The van der Waals surface area contributed by atoms with Crippen LogP contribution in [-0.4, -0.2) is 17.7 Å². The van der Waals surface area contributed by atoms with Crippen molar-refractivity contribution in [1.82, 2.24) is 10.6 Å². The van der Waals surface area contributed by atoms with Crippen molar-refractivity contribution >= 4 is 22.0 Å². The van der Waals surface area contributed by atoms with E-state index in [-0.39, 0.29) is 17.8 Å². The van der Waals surface area contributed by atoms with E-state index in [0.717, 1.165) is 28.4 Å². The average Bonchev–Trinajstić information content (AvgIpc) is 2.54. The Bertz CT molecular complexity index is 626. The van der Waals surface area contributed by atoms with Crippen LogP contribution < -0.4 is 10.6 Å². The second-order valence-corrected chi connectivity index (χ2v) is 6.36. The third-order valence-corrected chi connectivity index (χ3v) is 4.11. The van der Waals surface area contributed by atoms with Crippen molar-refractivity contribution in [3.63, 3.8) is 0 Å². The van der Waals surface area contributed by atoms with Crippen molar-refractivity contribution in [1.29, 1.82) is 0 Å². The molecule has 0 fully saturated rings. The summed E-state index contributed by atoms with van der Waals surface area (Å²) in [7, 11) is 0. The first-order chi connectivity index (χ1) is 11.0. The smallest absolute Gasteiger partial charge is 0.315 e. The monoisotopic (exact) mass is 376 g/mol. The Labute approximate surface area is 145 Å². The topological polar surface area (TPSA) is 61.4 Å². The summed E-state index contributed by atoms with van der Waals surface area (Å²) in [5, 5.41) is 15.0. The number of halogens is 1. The van der Waals surface area contributed by atoms with Crippen LogP contribution in [0, 0.1) is 0 Å². The number of phenols is 1. The second kappa shape index (κ2) is 8.58. The number of rotatable bonds is 6. The molecule has 0 saturated heterocycles. The predicted octanol–water partition coefficient (Wildman–Crippen LogP) is 4.15. The maximum Gasteiger partial charge on any atom is 0.315 e. The fourth-order valence-corrected chi connectivity index (χ4v) is 2.50. The van der Waals surface area contributed by atoms with E-state index in [0.29, 0.717) is 6.54 Å². The van der Waals surface area contributed by atoms with Gasteiger partial charge in [0.25, 0.3) is 0 Å². The highest BCUT2D eigenvalue weighted by Gasteiger charge is 2.08. The summed E-state index contributed by atoms with van der Waals surface area (Å²) in [6.45, 7) is 2.57. The number of nitrogens with one attached hydrogen (secondary N) is 2. The molecule has 2 amide bonds. The van der Waals surface area contributed by atoms with Crippen molar-refractivity contribution in [3.05, 3.63) is 64.1 Å². The molecule has 1 unspecified atom stereocenters. The average molecular weight is 377 g/mol. The van der Waals surface area contributed by atoms with Crippen LogP contribution in [0.2, 0.25) is 0 Å². The standard InChI is InChI=1S/C18H21BrN2O2/c1-13(15-6-8-16(19)9-7-15)21-18(23)20-12-2-3-14-4-10-17(22)11-5-14/h4-11,13,22H,2-3,12H2,1H3,(H2,20,21,23). The van der Waals surface area contributed by atoms with Crippen molar-refractivity contribution in [2.45, 2.75) is 25.8 Å². The van der Waals surface area contributed by atoms with E-state index in [4.69, 9.17) is 0 Å². The minimum atomic E-state index is -0.161. The first kappa shape index (κ1) is 17.3. The Hall–Kier alpha value is -2.01. The Morgan fingerprint density at radius 3 is 2.43 bits per heavy atom. The summed E-state index contributed by atoms with van der Waals surface area (Å²) in [5.41, 5.74) is 2.21. The molecule has 0 spiro atoms. The molecule has 0 aromatic heterocycles. The number of aromatic hydroxyl groups is 1. The number of phenolic OH excluding ortho intramolecular Hbond substituents is 1. The number of hydrogen-bond acceptors (Lipinski definition) is 2. The molecule has 0 aliphatic rings. The Morgan fingerprint density at radius 2 is 1.78 bits per heavy atom. The molecule has 4 nitrogen and oxygen atoms in total. The molecule has 3 N–H and O–H groups in total. The van der Waals surface area contributed by atoms with Gasteiger partial charge in [-0.05, 0) is 55.2 Å². The quantitative estimate of drug-likeness (QED) is 0.663. The second-order valence-electron chi connectivity index (χ2n) is 5.44. The highest BCUT2D eigenvalue weighted by atomic mass is 79.9. The number of hydrogen-bond donors (Lipinski definition) is 3. The zero-order valence-electron chi connectivity index (χ0n) is 13.1. The zero-order chi connectivity index (χ0) is 16.7. The molecule has 122 valence electrons. The normalized spacial score (nSPS) is 11.7. The summed E-state index contributed by atoms with van der Waals surface area (Å²) in [6, 6.07) is 14.8. The lowest BCUT2D eigenvalue weighted by Crippen LogP contribution is -2.37. The van der Waals surface area contributed by atoms with Gasteiger partial charge in [0.15, 0.2) is 0 Å². The summed E-state index contributed by atoms with van der Waals surface area (Å²) in [6.07, 6.45) is 1.72. The number of amides is 2. The molecule has 0 aliphatic heterocycles. The molecule has 0 saturated carbocycles. The van der Waals surface area contributed by atoms with Gasteiger partial charge in [-0.3, -0.25) is 0 Å². The van der Waals surface area contributed by atoms with Crippen LogP contribution in [0.1, 0.15) is 30.5 Å². The van der Waals surface area contributed by atoms with E-state index in [2.05, 4.69) is 26.6 Å². The minimum Gasteiger partial charge on any atom is -0.508 e. The molecule has 1 atom stereocenters. The maximum absolute atomic E-state index is 11.9. The lowest BCUT2D eigenvalue weighted by atomic mass is 10.1. The molecule has 0 heterocycles. The summed E-state index contributed by atoms with van der Waals surface area (Å²) in [4.78, 5) is 11.9. The lowest BCUT2D eigenvalue weighted by molar-refractivity contribution is 0.238. The van der Waals surface area contributed by atoms with E-state index in [1.165, 1.54) is 0 Å². The summed E-state index contributed by atoms with van der Waals surface area (Å²) in [5.74, 6) is 0.271. The predicted molar refractivity (Wildman–Crippen MR) is 95.5 cm³/mol. The summed E-state index contributed by atoms with van der Waals surface area (Å²) < 4.78 is 1.02.